The summed E-state index contributed by atoms with van der Waals surface area (Å²) in [5.41, 5.74) is 6.75. The van der Waals surface area contributed by atoms with Gasteiger partial charge in [-0.25, -0.2) is 4.99 Å². The van der Waals surface area contributed by atoms with Crippen LogP contribution < -0.4 is 20.5 Å². The maximum atomic E-state index is 5.74. The predicted molar refractivity (Wildman–Crippen MR) is 79.4 cm³/mol. The smallest absolute Gasteiger partial charge is 0.188 e. The van der Waals surface area contributed by atoms with E-state index in [1.807, 2.05) is 25.1 Å². The van der Waals surface area contributed by atoms with Crippen LogP contribution in [0.1, 0.15) is 12.5 Å². The molecule has 0 aliphatic rings. The molecule has 1 aromatic carbocycles. The number of ether oxygens (including phenoxy) is 3. The van der Waals surface area contributed by atoms with Crippen LogP contribution in [0.2, 0.25) is 0 Å². The molecule has 0 atom stereocenters. The van der Waals surface area contributed by atoms with Gasteiger partial charge in [-0.3, -0.25) is 0 Å². The molecular formula is C14H23N3O3. The van der Waals surface area contributed by atoms with Crippen molar-refractivity contribution in [2.75, 3.05) is 34.0 Å². The molecule has 0 aliphatic heterocycles. The first-order chi connectivity index (χ1) is 9.71. The largest absolute Gasteiger partial charge is 0.493 e. The Morgan fingerprint density at radius 2 is 2.10 bits per heavy atom. The van der Waals surface area contributed by atoms with E-state index in [1.54, 1.807) is 14.2 Å². The molecule has 112 valence electrons. The maximum Gasteiger partial charge on any atom is 0.188 e. The van der Waals surface area contributed by atoms with E-state index in [0.29, 0.717) is 43.8 Å². The summed E-state index contributed by atoms with van der Waals surface area (Å²) >= 11 is 0. The highest BCUT2D eigenvalue weighted by Crippen LogP contribution is 2.28. The number of benzene rings is 1. The highest BCUT2D eigenvalue weighted by Gasteiger charge is 2.05. The number of rotatable bonds is 8. The van der Waals surface area contributed by atoms with Crippen LogP contribution in [0, 0.1) is 0 Å². The van der Waals surface area contributed by atoms with Crippen molar-refractivity contribution in [3.05, 3.63) is 23.8 Å². The Morgan fingerprint density at radius 3 is 2.75 bits per heavy atom. The van der Waals surface area contributed by atoms with Crippen LogP contribution in [0.4, 0.5) is 0 Å². The lowest BCUT2D eigenvalue weighted by Gasteiger charge is -2.10. The molecule has 6 nitrogen and oxygen atoms in total. The van der Waals surface area contributed by atoms with Crippen molar-refractivity contribution in [3.63, 3.8) is 0 Å². The minimum atomic E-state index is 0.399. The fourth-order valence-corrected chi connectivity index (χ4v) is 1.60. The number of guanidine groups is 1. The molecule has 0 heterocycles. The normalized spacial score (nSPS) is 11.2. The van der Waals surface area contributed by atoms with Crippen LogP contribution in [0.3, 0.4) is 0 Å². The van der Waals surface area contributed by atoms with Crippen LogP contribution in [-0.4, -0.2) is 39.9 Å². The van der Waals surface area contributed by atoms with Crippen molar-refractivity contribution >= 4 is 5.96 Å². The van der Waals surface area contributed by atoms with Crippen molar-refractivity contribution in [1.82, 2.24) is 5.32 Å². The third kappa shape index (κ3) is 5.36. The van der Waals surface area contributed by atoms with Gasteiger partial charge in [-0.1, -0.05) is 6.07 Å². The van der Waals surface area contributed by atoms with E-state index < -0.39 is 0 Å². The van der Waals surface area contributed by atoms with Crippen molar-refractivity contribution in [2.45, 2.75) is 13.5 Å². The van der Waals surface area contributed by atoms with Crippen LogP contribution in [0.25, 0.3) is 0 Å². The zero-order valence-electron chi connectivity index (χ0n) is 12.3. The number of nitrogens with zero attached hydrogens (tertiary/aromatic N) is 1. The highest BCUT2D eigenvalue weighted by molar-refractivity contribution is 5.77. The average Bonchev–Trinajstić information content (AvgIpc) is 2.46. The van der Waals surface area contributed by atoms with Crippen LogP contribution >= 0.6 is 0 Å². The number of hydrogen-bond donors (Lipinski definition) is 2. The van der Waals surface area contributed by atoms with Crippen molar-refractivity contribution in [3.8, 4) is 11.5 Å². The van der Waals surface area contributed by atoms with E-state index in [2.05, 4.69) is 10.3 Å². The molecule has 1 aromatic rings. The molecule has 3 N–H and O–H groups in total. The summed E-state index contributed by atoms with van der Waals surface area (Å²) < 4.78 is 15.7. The van der Waals surface area contributed by atoms with E-state index >= 15 is 0 Å². The van der Waals surface area contributed by atoms with E-state index in [-0.39, 0.29) is 0 Å². The second kappa shape index (κ2) is 9.03. The molecular weight excluding hydrogens is 258 g/mol. The first-order valence-corrected chi connectivity index (χ1v) is 6.53. The van der Waals surface area contributed by atoms with E-state index in [4.69, 9.17) is 19.9 Å². The lowest BCUT2D eigenvalue weighted by molar-refractivity contribution is 0.204. The lowest BCUT2D eigenvalue weighted by atomic mass is 10.2. The summed E-state index contributed by atoms with van der Waals surface area (Å²) in [5, 5.41) is 2.96. The van der Waals surface area contributed by atoms with Gasteiger partial charge in [-0.05, 0) is 24.6 Å². The number of methoxy groups -OCH3 is 2. The van der Waals surface area contributed by atoms with Crippen molar-refractivity contribution in [1.29, 1.82) is 0 Å². The van der Waals surface area contributed by atoms with Gasteiger partial charge in [0.2, 0.25) is 0 Å². The molecule has 6 heteroatoms. The summed E-state index contributed by atoms with van der Waals surface area (Å²) in [6, 6.07) is 5.71. The predicted octanol–water partition coefficient (Wildman–Crippen LogP) is 1.14. The van der Waals surface area contributed by atoms with E-state index in [1.165, 1.54) is 0 Å². The Kier molecular flexibility index (Phi) is 7.27. The fraction of sp³-hybridized carbons (Fsp3) is 0.500. The first kappa shape index (κ1) is 16.1. The molecule has 0 bridgehead atoms. The molecule has 1 rings (SSSR count). The quantitative estimate of drug-likeness (QED) is 0.424. The summed E-state index contributed by atoms with van der Waals surface area (Å²) in [6.45, 7) is 4.23. The first-order valence-electron chi connectivity index (χ1n) is 6.53. The Bertz CT molecular complexity index is 436. The van der Waals surface area contributed by atoms with Gasteiger partial charge in [0, 0.05) is 13.7 Å². The Morgan fingerprint density at radius 1 is 1.30 bits per heavy atom. The van der Waals surface area contributed by atoms with Gasteiger partial charge in [0.15, 0.2) is 17.5 Å². The monoisotopic (exact) mass is 281 g/mol. The van der Waals surface area contributed by atoms with Gasteiger partial charge >= 0.3 is 0 Å². The maximum absolute atomic E-state index is 5.74. The van der Waals surface area contributed by atoms with Gasteiger partial charge in [0.25, 0.3) is 0 Å². The van der Waals surface area contributed by atoms with Gasteiger partial charge in [0.1, 0.15) is 0 Å². The standard InChI is InChI=1S/C14H23N3O3/c1-4-20-13-9-11(5-6-12(13)19-3)10-17-14(15)16-7-8-18-2/h5-6,9H,4,7-8,10H2,1-3H3,(H3,15,16,17). The lowest BCUT2D eigenvalue weighted by Crippen LogP contribution is -2.34. The number of nitrogens with two attached hydrogens (primary N) is 1. The Labute approximate surface area is 119 Å². The molecule has 0 aliphatic carbocycles. The molecule has 0 aromatic heterocycles. The summed E-state index contributed by atoms with van der Waals surface area (Å²) in [4.78, 5) is 4.25. The molecule has 0 spiro atoms. The van der Waals surface area contributed by atoms with Crippen molar-refractivity contribution in [2.24, 2.45) is 10.7 Å². The second-order valence-electron chi connectivity index (χ2n) is 4.04. The van der Waals surface area contributed by atoms with Crippen LogP contribution in [-0.2, 0) is 11.3 Å². The van der Waals surface area contributed by atoms with E-state index in [0.717, 1.165) is 5.56 Å². The highest BCUT2D eigenvalue weighted by atomic mass is 16.5. The third-order valence-electron chi connectivity index (χ3n) is 2.57. The minimum absolute atomic E-state index is 0.399. The summed E-state index contributed by atoms with van der Waals surface area (Å²) in [7, 11) is 3.26. The van der Waals surface area contributed by atoms with Gasteiger partial charge in [-0.2, -0.15) is 0 Å². The average molecular weight is 281 g/mol. The zero-order valence-corrected chi connectivity index (χ0v) is 12.3. The number of nitrogens with one attached hydrogen (secondary N) is 1. The second-order valence-corrected chi connectivity index (χ2v) is 4.04. The van der Waals surface area contributed by atoms with Crippen molar-refractivity contribution < 1.29 is 14.2 Å². The molecule has 0 saturated heterocycles. The Hall–Kier alpha value is -1.95. The molecule has 20 heavy (non-hydrogen) atoms. The third-order valence-corrected chi connectivity index (χ3v) is 2.57. The topological polar surface area (TPSA) is 78.1 Å². The molecule has 0 unspecified atom stereocenters. The fourth-order valence-electron chi connectivity index (χ4n) is 1.60. The van der Waals surface area contributed by atoms with Gasteiger partial charge < -0.3 is 25.3 Å². The van der Waals surface area contributed by atoms with Crippen LogP contribution in [0.15, 0.2) is 23.2 Å². The van der Waals surface area contributed by atoms with E-state index in [9.17, 15) is 0 Å². The molecule has 0 amide bonds. The summed E-state index contributed by atoms with van der Waals surface area (Å²) in [6.07, 6.45) is 0. The SMILES string of the molecule is CCOc1cc(CN=C(N)NCCOC)ccc1OC. The van der Waals surface area contributed by atoms with Gasteiger partial charge in [0.05, 0.1) is 26.9 Å². The summed E-state index contributed by atoms with van der Waals surface area (Å²) in [5.74, 6) is 1.83. The molecule has 0 radical (unpaired) electrons. The zero-order chi connectivity index (χ0) is 14.8. The Balaban J connectivity index is 2.63. The number of hydrogen-bond acceptors (Lipinski definition) is 4. The number of aliphatic imine (C=N–C) groups is 1. The molecule has 0 fully saturated rings. The molecule has 0 saturated carbocycles. The van der Waals surface area contributed by atoms with Gasteiger partial charge in [-0.15, -0.1) is 0 Å². The van der Waals surface area contributed by atoms with Crippen LogP contribution in [0.5, 0.6) is 11.5 Å². The minimum Gasteiger partial charge on any atom is -0.493 e.